The Hall–Kier alpha value is -3.14. The lowest BCUT2D eigenvalue weighted by Gasteiger charge is -2.26. The maximum absolute atomic E-state index is 12.7. The molecule has 1 aliphatic heterocycles. The average molecular weight is 455 g/mol. The molecule has 32 heavy (non-hydrogen) atoms. The van der Waals surface area contributed by atoms with E-state index in [9.17, 15) is 14.4 Å². The van der Waals surface area contributed by atoms with E-state index in [2.05, 4.69) is 20.2 Å². The second-order valence-corrected chi connectivity index (χ2v) is 8.99. The molecule has 10 heteroatoms. The fraction of sp³-hybridized carbons (Fsp3) is 0.409. The Balaban J connectivity index is 1.67. The minimum absolute atomic E-state index is 0.102. The molecule has 9 nitrogen and oxygen atoms in total. The molecule has 0 spiro atoms. The van der Waals surface area contributed by atoms with E-state index in [1.807, 2.05) is 41.5 Å². The van der Waals surface area contributed by atoms with Gasteiger partial charge in [0, 0.05) is 31.3 Å². The van der Waals surface area contributed by atoms with Crippen molar-refractivity contribution < 1.29 is 4.79 Å². The summed E-state index contributed by atoms with van der Waals surface area (Å²) in [6, 6.07) is 7.44. The van der Waals surface area contributed by atoms with Crippen LogP contribution in [0.25, 0.3) is 5.69 Å². The number of piperidine rings is 1. The third kappa shape index (κ3) is 5.01. The topological polar surface area (TPSA) is 117 Å². The summed E-state index contributed by atoms with van der Waals surface area (Å²) >= 11 is 1.35. The van der Waals surface area contributed by atoms with E-state index in [4.69, 9.17) is 0 Å². The number of thioether (sulfide) groups is 1. The minimum atomic E-state index is -0.563. The van der Waals surface area contributed by atoms with Crippen LogP contribution in [0.3, 0.4) is 0 Å². The van der Waals surface area contributed by atoms with E-state index < -0.39 is 11.2 Å². The number of nitrogens with one attached hydrogen (secondary N) is 2. The van der Waals surface area contributed by atoms with Crippen LogP contribution >= 0.6 is 11.8 Å². The van der Waals surface area contributed by atoms with E-state index in [0.29, 0.717) is 16.7 Å². The summed E-state index contributed by atoms with van der Waals surface area (Å²) in [5.74, 6) is 0.962. The maximum atomic E-state index is 12.7. The Morgan fingerprint density at radius 2 is 1.84 bits per heavy atom. The van der Waals surface area contributed by atoms with E-state index in [0.717, 1.165) is 42.7 Å². The minimum Gasteiger partial charge on any atom is -0.342 e. The SMILES string of the molecule is Cc1ccc(C)c(-n2c(Cc3cc(=O)[nH]c(=O)[nH]3)nnc2SCC(=O)N2CCCCC2)c1. The Morgan fingerprint density at radius 1 is 1.06 bits per heavy atom. The molecule has 1 fully saturated rings. The molecule has 0 aliphatic carbocycles. The number of amides is 1. The van der Waals surface area contributed by atoms with E-state index in [1.54, 1.807) is 0 Å². The average Bonchev–Trinajstić information content (AvgIpc) is 3.15. The first-order valence-electron chi connectivity index (χ1n) is 10.7. The van der Waals surface area contributed by atoms with Gasteiger partial charge in [-0.25, -0.2) is 4.79 Å². The van der Waals surface area contributed by atoms with Crippen molar-refractivity contribution in [2.75, 3.05) is 18.8 Å². The second kappa shape index (κ2) is 9.56. The number of aromatic amines is 2. The van der Waals surface area contributed by atoms with Crippen LogP contribution in [0.1, 0.15) is 41.9 Å². The van der Waals surface area contributed by atoms with E-state index in [1.165, 1.54) is 24.2 Å². The third-order valence-electron chi connectivity index (χ3n) is 5.50. The largest absolute Gasteiger partial charge is 0.342 e. The van der Waals surface area contributed by atoms with Crippen LogP contribution in [0.15, 0.2) is 39.0 Å². The van der Waals surface area contributed by atoms with Crippen molar-refractivity contribution in [2.45, 2.75) is 44.7 Å². The number of carbonyl (C=O) groups excluding carboxylic acids is 1. The predicted molar refractivity (Wildman–Crippen MR) is 122 cm³/mol. The van der Waals surface area contributed by atoms with Gasteiger partial charge in [0.25, 0.3) is 5.56 Å². The molecule has 2 aromatic heterocycles. The van der Waals surface area contributed by atoms with Crippen LogP contribution in [0.2, 0.25) is 0 Å². The molecular weight excluding hydrogens is 428 g/mol. The zero-order valence-electron chi connectivity index (χ0n) is 18.2. The van der Waals surface area contributed by atoms with Crippen molar-refractivity contribution in [2.24, 2.45) is 0 Å². The van der Waals surface area contributed by atoms with Crippen molar-refractivity contribution in [3.05, 3.63) is 67.7 Å². The number of carbonyl (C=O) groups is 1. The highest BCUT2D eigenvalue weighted by atomic mass is 32.2. The fourth-order valence-electron chi connectivity index (χ4n) is 3.86. The molecule has 0 radical (unpaired) electrons. The van der Waals surface area contributed by atoms with Gasteiger partial charge in [0.1, 0.15) is 5.82 Å². The highest BCUT2D eigenvalue weighted by Crippen LogP contribution is 2.26. The number of H-pyrrole nitrogens is 2. The number of aromatic nitrogens is 5. The summed E-state index contributed by atoms with van der Waals surface area (Å²) in [7, 11) is 0. The van der Waals surface area contributed by atoms with Gasteiger partial charge >= 0.3 is 5.69 Å². The molecule has 1 aliphatic rings. The number of benzene rings is 1. The van der Waals surface area contributed by atoms with Gasteiger partial charge < -0.3 is 9.88 Å². The lowest BCUT2D eigenvalue weighted by atomic mass is 10.1. The molecule has 1 saturated heterocycles. The normalized spacial score (nSPS) is 14.0. The molecule has 0 unspecified atom stereocenters. The van der Waals surface area contributed by atoms with Crippen molar-refractivity contribution in [3.63, 3.8) is 0 Å². The molecule has 0 saturated carbocycles. The number of aryl methyl sites for hydroxylation is 2. The van der Waals surface area contributed by atoms with Gasteiger partial charge in [0.2, 0.25) is 5.91 Å². The number of rotatable bonds is 6. The van der Waals surface area contributed by atoms with Crippen LogP contribution in [-0.4, -0.2) is 54.4 Å². The summed E-state index contributed by atoms with van der Waals surface area (Å²) in [6.45, 7) is 5.63. The van der Waals surface area contributed by atoms with Crippen molar-refractivity contribution in [1.82, 2.24) is 29.6 Å². The Morgan fingerprint density at radius 3 is 2.59 bits per heavy atom. The van der Waals surface area contributed by atoms with Crippen LogP contribution in [0.4, 0.5) is 0 Å². The van der Waals surface area contributed by atoms with Crippen LogP contribution in [-0.2, 0) is 11.2 Å². The molecule has 168 valence electrons. The molecule has 2 N–H and O–H groups in total. The Labute approximate surface area is 189 Å². The highest BCUT2D eigenvalue weighted by molar-refractivity contribution is 7.99. The number of hydrogen-bond donors (Lipinski definition) is 2. The van der Waals surface area contributed by atoms with Gasteiger partial charge in [-0.2, -0.15) is 0 Å². The lowest BCUT2D eigenvalue weighted by molar-refractivity contribution is -0.129. The van der Waals surface area contributed by atoms with Gasteiger partial charge in [-0.3, -0.25) is 19.1 Å². The summed E-state index contributed by atoms with van der Waals surface area (Å²) in [5.41, 5.74) is 2.43. The first-order chi connectivity index (χ1) is 15.4. The van der Waals surface area contributed by atoms with Crippen molar-refractivity contribution in [1.29, 1.82) is 0 Å². The van der Waals surface area contributed by atoms with Crippen LogP contribution in [0.5, 0.6) is 0 Å². The molecule has 4 rings (SSSR count). The monoisotopic (exact) mass is 454 g/mol. The quantitative estimate of drug-likeness (QED) is 0.550. The fourth-order valence-corrected chi connectivity index (χ4v) is 4.72. The van der Waals surface area contributed by atoms with Crippen molar-refractivity contribution >= 4 is 17.7 Å². The second-order valence-electron chi connectivity index (χ2n) is 8.04. The molecule has 1 amide bonds. The smallest absolute Gasteiger partial charge is 0.325 e. The van der Waals surface area contributed by atoms with Gasteiger partial charge in [-0.15, -0.1) is 10.2 Å². The first kappa shape index (κ1) is 22.1. The van der Waals surface area contributed by atoms with Crippen LogP contribution < -0.4 is 11.2 Å². The predicted octanol–water partition coefficient (Wildman–Crippen LogP) is 1.96. The van der Waals surface area contributed by atoms with Crippen LogP contribution in [0, 0.1) is 13.8 Å². The van der Waals surface area contributed by atoms with E-state index in [-0.39, 0.29) is 18.1 Å². The summed E-state index contributed by atoms with van der Waals surface area (Å²) in [6.07, 6.45) is 3.49. The first-order valence-corrected chi connectivity index (χ1v) is 11.6. The Kier molecular flexibility index (Phi) is 6.59. The van der Waals surface area contributed by atoms with Gasteiger partial charge in [0.15, 0.2) is 5.16 Å². The number of likely N-dealkylation sites (tertiary alicyclic amines) is 1. The van der Waals surface area contributed by atoms with E-state index >= 15 is 0 Å². The molecule has 0 atom stereocenters. The molecule has 0 bridgehead atoms. The number of nitrogens with zero attached hydrogens (tertiary/aromatic N) is 4. The zero-order valence-corrected chi connectivity index (χ0v) is 19.0. The number of hydrogen-bond acceptors (Lipinski definition) is 6. The zero-order chi connectivity index (χ0) is 22.7. The molecule has 3 heterocycles. The Bertz CT molecular complexity index is 1210. The summed E-state index contributed by atoms with van der Waals surface area (Å²) < 4.78 is 1.91. The molecule has 1 aromatic carbocycles. The van der Waals surface area contributed by atoms with Gasteiger partial charge in [-0.05, 0) is 50.3 Å². The van der Waals surface area contributed by atoms with Gasteiger partial charge in [-0.1, -0.05) is 23.9 Å². The highest BCUT2D eigenvalue weighted by Gasteiger charge is 2.21. The van der Waals surface area contributed by atoms with Gasteiger partial charge in [0.05, 0.1) is 11.4 Å². The third-order valence-corrected chi connectivity index (χ3v) is 6.42. The summed E-state index contributed by atoms with van der Waals surface area (Å²) in [4.78, 5) is 42.8. The molecule has 3 aromatic rings. The lowest BCUT2D eigenvalue weighted by Crippen LogP contribution is -2.36. The summed E-state index contributed by atoms with van der Waals surface area (Å²) in [5, 5.41) is 9.29. The maximum Gasteiger partial charge on any atom is 0.325 e. The standard InChI is InChI=1S/C22H26N6O3S/c1-14-6-7-15(2)17(10-14)28-18(11-16-12-19(29)24-21(31)23-16)25-26-22(28)32-13-20(30)27-8-4-3-5-9-27/h6-7,10,12H,3-5,8-9,11,13H2,1-2H3,(H2,23,24,29,31). The molecular formula is C22H26N6O3S. The van der Waals surface area contributed by atoms with Crippen molar-refractivity contribution in [3.8, 4) is 5.69 Å².